The van der Waals surface area contributed by atoms with Gasteiger partial charge in [0.05, 0.1) is 12.2 Å². The number of nitrogens with one attached hydrogen (secondary N) is 1. The molecule has 2 rings (SSSR count). The summed E-state index contributed by atoms with van der Waals surface area (Å²) in [5.41, 5.74) is 0.621. The van der Waals surface area contributed by atoms with Crippen LogP contribution in [0.3, 0.4) is 0 Å². The van der Waals surface area contributed by atoms with Crippen LogP contribution in [0.2, 0.25) is 0 Å². The van der Waals surface area contributed by atoms with E-state index in [-0.39, 0.29) is 5.91 Å². The minimum Gasteiger partial charge on any atom is -0.379 e. The third-order valence-electron chi connectivity index (χ3n) is 3.55. The van der Waals surface area contributed by atoms with Gasteiger partial charge in [0.25, 0.3) is 5.91 Å². The van der Waals surface area contributed by atoms with Gasteiger partial charge in [0.1, 0.15) is 5.82 Å². The monoisotopic (exact) mass is 291 g/mol. The highest BCUT2D eigenvalue weighted by Gasteiger charge is 2.21. The molecule has 1 heterocycles. The van der Waals surface area contributed by atoms with Crippen molar-refractivity contribution in [3.8, 4) is 0 Å². The average Bonchev–Trinajstić information content (AvgIpc) is 3.33. The number of amides is 1. The molecule has 0 bridgehead atoms. The van der Waals surface area contributed by atoms with E-state index in [0.717, 1.165) is 25.5 Å². The number of pyridine rings is 1. The third-order valence-corrected chi connectivity index (χ3v) is 3.55. The smallest absolute Gasteiger partial charge is 0.257 e. The first-order chi connectivity index (χ1) is 10.2. The fraction of sp³-hybridized carbons (Fsp3) is 0.625. The summed E-state index contributed by atoms with van der Waals surface area (Å²) in [5.74, 6) is 1.40. The zero-order chi connectivity index (χ0) is 15.1. The van der Waals surface area contributed by atoms with E-state index in [1.807, 2.05) is 6.07 Å². The Morgan fingerprint density at radius 1 is 1.52 bits per heavy atom. The van der Waals surface area contributed by atoms with Crippen LogP contribution in [-0.2, 0) is 4.74 Å². The molecule has 0 radical (unpaired) electrons. The van der Waals surface area contributed by atoms with Crippen LogP contribution < -0.4 is 5.32 Å². The Kier molecular flexibility index (Phi) is 5.99. The second-order valence-electron chi connectivity index (χ2n) is 5.57. The van der Waals surface area contributed by atoms with Gasteiger partial charge in [-0.25, -0.2) is 4.98 Å². The van der Waals surface area contributed by atoms with E-state index in [1.54, 1.807) is 24.2 Å². The predicted octanol–water partition coefficient (Wildman–Crippen LogP) is 2.40. The van der Waals surface area contributed by atoms with Crippen molar-refractivity contribution in [2.75, 3.05) is 38.7 Å². The Labute approximate surface area is 126 Å². The fourth-order valence-electron chi connectivity index (χ4n) is 2.01. The van der Waals surface area contributed by atoms with E-state index in [9.17, 15) is 4.79 Å². The highest BCUT2D eigenvalue weighted by molar-refractivity contribution is 5.98. The molecule has 1 saturated carbocycles. The molecule has 1 aliphatic rings. The summed E-state index contributed by atoms with van der Waals surface area (Å²) < 4.78 is 5.58. The first kappa shape index (κ1) is 15.8. The van der Waals surface area contributed by atoms with Gasteiger partial charge in [-0.1, -0.05) is 6.92 Å². The maximum atomic E-state index is 12.5. The van der Waals surface area contributed by atoms with Crippen molar-refractivity contribution in [1.29, 1.82) is 0 Å². The van der Waals surface area contributed by atoms with Crippen LogP contribution in [0.1, 0.15) is 36.5 Å². The zero-order valence-corrected chi connectivity index (χ0v) is 13.0. The van der Waals surface area contributed by atoms with Gasteiger partial charge >= 0.3 is 0 Å². The van der Waals surface area contributed by atoms with E-state index in [0.29, 0.717) is 24.5 Å². The Bertz CT molecular complexity index is 461. The average molecular weight is 291 g/mol. The van der Waals surface area contributed by atoms with Crippen LogP contribution >= 0.6 is 0 Å². The summed E-state index contributed by atoms with van der Waals surface area (Å²) >= 11 is 0. The van der Waals surface area contributed by atoms with Crippen molar-refractivity contribution in [3.63, 3.8) is 0 Å². The zero-order valence-electron chi connectivity index (χ0n) is 13.0. The molecular formula is C16H25N3O2. The minimum absolute atomic E-state index is 0.0169. The Morgan fingerprint density at radius 2 is 2.33 bits per heavy atom. The van der Waals surface area contributed by atoms with Crippen molar-refractivity contribution in [1.82, 2.24) is 9.88 Å². The van der Waals surface area contributed by atoms with Crippen LogP contribution in [-0.4, -0.2) is 49.1 Å². The number of carbonyl (C=O) groups is 1. The van der Waals surface area contributed by atoms with Crippen molar-refractivity contribution in [2.45, 2.75) is 26.2 Å². The lowest BCUT2D eigenvalue weighted by molar-refractivity contribution is 0.0681. The molecule has 1 N–H and O–H groups in total. The van der Waals surface area contributed by atoms with Gasteiger partial charge in [0, 0.05) is 32.9 Å². The maximum absolute atomic E-state index is 12.5. The van der Waals surface area contributed by atoms with Crippen molar-refractivity contribution in [2.24, 2.45) is 5.92 Å². The second kappa shape index (κ2) is 7.98. The van der Waals surface area contributed by atoms with Crippen molar-refractivity contribution < 1.29 is 9.53 Å². The maximum Gasteiger partial charge on any atom is 0.257 e. The lowest BCUT2D eigenvalue weighted by Gasteiger charge is -2.19. The highest BCUT2D eigenvalue weighted by atomic mass is 16.5. The summed E-state index contributed by atoms with van der Waals surface area (Å²) in [6, 6.07) is 3.61. The molecule has 5 heteroatoms. The van der Waals surface area contributed by atoms with Crippen LogP contribution in [0, 0.1) is 5.92 Å². The topological polar surface area (TPSA) is 54.5 Å². The lowest BCUT2D eigenvalue weighted by atomic mass is 10.2. The standard InChI is InChI=1S/C16H25N3O2/c1-3-8-17-15-14(5-4-9-18-15)16(20)19(2)10-11-21-12-13-6-7-13/h4-5,9,13H,3,6-8,10-12H2,1-2H3,(H,17,18). The van der Waals surface area contributed by atoms with Crippen LogP contribution in [0.15, 0.2) is 18.3 Å². The summed E-state index contributed by atoms with van der Waals surface area (Å²) in [4.78, 5) is 18.4. The fourth-order valence-corrected chi connectivity index (χ4v) is 2.01. The molecule has 0 saturated heterocycles. The molecule has 0 atom stereocenters. The van der Waals surface area contributed by atoms with E-state index in [4.69, 9.17) is 4.74 Å². The first-order valence-corrected chi connectivity index (χ1v) is 7.74. The van der Waals surface area contributed by atoms with Gasteiger partial charge in [-0.15, -0.1) is 0 Å². The van der Waals surface area contributed by atoms with Gasteiger partial charge < -0.3 is 15.0 Å². The molecule has 1 aromatic heterocycles. The largest absolute Gasteiger partial charge is 0.379 e. The van der Waals surface area contributed by atoms with Gasteiger partial charge in [0.2, 0.25) is 0 Å². The summed E-state index contributed by atoms with van der Waals surface area (Å²) in [7, 11) is 1.80. The van der Waals surface area contributed by atoms with Crippen LogP contribution in [0.4, 0.5) is 5.82 Å². The molecule has 0 aromatic carbocycles. The number of hydrogen-bond acceptors (Lipinski definition) is 4. The normalized spacial score (nSPS) is 14.0. The predicted molar refractivity (Wildman–Crippen MR) is 83.5 cm³/mol. The Morgan fingerprint density at radius 3 is 3.05 bits per heavy atom. The molecule has 5 nitrogen and oxygen atoms in total. The van der Waals surface area contributed by atoms with Gasteiger partial charge in [-0.05, 0) is 37.3 Å². The van der Waals surface area contributed by atoms with E-state index < -0.39 is 0 Å². The molecule has 21 heavy (non-hydrogen) atoms. The number of hydrogen-bond donors (Lipinski definition) is 1. The number of likely N-dealkylation sites (N-methyl/N-ethyl adjacent to an activating group) is 1. The SMILES string of the molecule is CCCNc1ncccc1C(=O)N(C)CCOCC1CC1. The number of aromatic nitrogens is 1. The van der Waals surface area contributed by atoms with Crippen molar-refractivity contribution >= 4 is 11.7 Å². The van der Waals surface area contributed by atoms with Crippen molar-refractivity contribution in [3.05, 3.63) is 23.9 Å². The molecular weight excluding hydrogens is 266 g/mol. The number of rotatable bonds is 9. The molecule has 0 spiro atoms. The van der Waals surface area contributed by atoms with Crippen LogP contribution in [0.5, 0.6) is 0 Å². The quantitative estimate of drug-likeness (QED) is 0.710. The lowest BCUT2D eigenvalue weighted by Crippen LogP contribution is -2.31. The molecule has 1 fully saturated rings. The number of nitrogens with zero attached hydrogens (tertiary/aromatic N) is 2. The molecule has 1 amide bonds. The van der Waals surface area contributed by atoms with Gasteiger partial charge in [-0.2, -0.15) is 0 Å². The van der Waals surface area contributed by atoms with E-state index in [1.165, 1.54) is 12.8 Å². The highest BCUT2D eigenvalue weighted by Crippen LogP contribution is 2.28. The second-order valence-corrected chi connectivity index (χ2v) is 5.57. The minimum atomic E-state index is -0.0169. The molecule has 0 unspecified atom stereocenters. The van der Waals surface area contributed by atoms with Crippen LogP contribution in [0.25, 0.3) is 0 Å². The molecule has 116 valence electrons. The summed E-state index contributed by atoms with van der Waals surface area (Å²) in [6.45, 7) is 4.93. The third kappa shape index (κ3) is 5.01. The Balaban J connectivity index is 1.84. The number of ether oxygens (including phenoxy) is 1. The molecule has 0 aliphatic heterocycles. The van der Waals surface area contributed by atoms with E-state index >= 15 is 0 Å². The molecule has 1 aliphatic carbocycles. The van der Waals surface area contributed by atoms with Gasteiger partial charge in [-0.3, -0.25) is 4.79 Å². The summed E-state index contributed by atoms with van der Waals surface area (Å²) in [5, 5.41) is 3.20. The van der Waals surface area contributed by atoms with E-state index in [2.05, 4.69) is 17.2 Å². The number of carbonyl (C=O) groups excluding carboxylic acids is 1. The Hall–Kier alpha value is -1.62. The molecule has 1 aromatic rings. The first-order valence-electron chi connectivity index (χ1n) is 7.74. The number of anilines is 1. The summed E-state index contributed by atoms with van der Waals surface area (Å²) in [6.07, 6.45) is 5.27. The van der Waals surface area contributed by atoms with Gasteiger partial charge in [0.15, 0.2) is 0 Å².